The Labute approximate surface area is 202 Å². The molecule has 0 aliphatic carbocycles. The fourth-order valence-electron chi connectivity index (χ4n) is 4.26. The number of methoxy groups -OCH3 is 3. The summed E-state index contributed by atoms with van der Waals surface area (Å²) in [7, 11) is 1.55. The second kappa shape index (κ2) is 11.3. The van der Waals surface area contributed by atoms with Crippen LogP contribution in [0.5, 0.6) is 23.0 Å². The van der Waals surface area contributed by atoms with Crippen molar-refractivity contribution in [1.82, 2.24) is 4.90 Å². The predicted molar refractivity (Wildman–Crippen MR) is 131 cm³/mol. The molecule has 0 saturated carbocycles. The van der Waals surface area contributed by atoms with Gasteiger partial charge in [-0.05, 0) is 55.2 Å². The van der Waals surface area contributed by atoms with Crippen LogP contribution in [0.3, 0.4) is 0 Å². The highest BCUT2D eigenvalue weighted by molar-refractivity contribution is 7.91. The Kier molecular flexibility index (Phi) is 8.67. The number of aliphatic hydroxyl groups excluding tert-OH is 1. The Balaban J connectivity index is 1.78. The summed E-state index contributed by atoms with van der Waals surface area (Å²) in [5.41, 5.74) is 3.01. The minimum Gasteiger partial charge on any atom is -0.493 e. The van der Waals surface area contributed by atoms with Gasteiger partial charge in [0.15, 0.2) is 21.3 Å². The summed E-state index contributed by atoms with van der Waals surface area (Å²) in [6.45, 7) is 4.78. The summed E-state index contributed by atoms with van der Waals surface area (Å²) in [5.74, 6) is 2.49. The molecule has 2 aromatic rings. The highest BCUT2D eigenvalue weighted by Crippen LogP contribution is 2.38. The van der Waals surface area contributed by atoms with Crippen LogP contribution in [0.1, 0.15) is 23.1 Å². The lowest BCUT2D eigenvalue weighted by Gasteiger charge is -2.30. The van der Waals surface area contributed by atoms with Crippen LogP contribution < -0.4 is 18.9 Å². The van der Waals surface area contributed by atoms with E-state index in [1.165, 1.54) is 0 Å². The maximum atomic E-state index is 12.2. The topological polar surface area (TPSA) is 94.5 Å². The van der Waals surface area contributed by atoms with Crippen LogP contribution in [0.2, 0.25) is 0 Å². The Morgan fingerprint density at radius 1 is 1.06 bits per heavy atom. The smallest absolute Gasteiger partial charge is 0.203 e. The molecule has 9 heteroatoms. The third kappa shape index (κ3) is 6.34. The molecule has 3 rings (SSSR count). The lowest BCUT2D eigenvalue weighted by molar-refractivity contribution is 0.0522. The van der Waals surface area contributed by atoms with Crippen molar-refractivity contribution in [2.45, 2.75) is 39.0 Å². The van der Waals surface area contributed by atoms with E-state index < -0.39 is 15.9 Å². The zero-order valence-electron chi connectivity index (χ0n) is 20.5. The standard InChI is InChI=1S/C25H35NO7S/c1-17-7-6-8-22(18(17)2)33-15-21(27)14-26(20-9-10-34(28,29)16-20)13-19-11-23(30-3)25(32-5)24(12-19)31-4/h6-8,11-12,20-21,27H,9-10,13-16H2,1-5H3. The normalized spacial score (nSPS) is 18.0. The van der Waals surface area contributed by atoms with Crippen molar-refractivity contribution in [3.8, 4) is 23.0 Å². The Bertz CT molecular complexity index is 1060. The first-order valence-corrected chi connectivity index (χ1v) is 13.1. The van der Waals surface area contributed by atoms with E-state index in [1.807, 2.05) is 49.1 Å². The number of rotatable bonds is 11. The number of ether oxygens (including phenoxy) is 4. The Morgan fingerprint density at radius 2 is 1.74 bits per heavy atom. The van der Waals surface area contributed by atoms with Crippen LogP contribution in [-0.4, -0.2) is 76.6 Å². The number of hydrogen-bond acceptors (Lipinski definition) is 8. The first-order chi connectivity index (χ1) is 16.2. The molecule has 34 heavy (non-hydrogen) atoms. The van der Waals surface area contributed by atoms with Crippen LogP contribution >= 0.6 is 0 Å². The number of aryl methyl sites for hydroxylation is 1. The SMILES string of the molecule is COc1cc(CN(CC(O)COc2cccc(C)c2C)C2CCS(=O)(=O)C2)cc(OC)c1OC. The molecule has 0 spiro atoms. The van der Waals surface area contributed by atoms with E-state index >= 15 is 0 Å². The predicted octanol–water partition coefficient (Wildman–Crippen LogP) is 2.76. The fraction of sp³-hybridized carbons (Fsp3) is 0.520. The molecule has 188 valence electrons. The summed E-state index contributed by atoms with van der Waals surface area (Å²) in [5, 5.41) is 10.8. The summed E-state index contributed by atoms with van der Waals surface area (Å²) >= 11 is 0. The number of nitrogens with zero attached hydrogens (tertiary/aromatic N) is 1. The van der Waals surface area contributed by atoms with Gasteiger partial charge in [0, 0.05) is 19.1 Å². The van der Waals surface area contributed by atoms with Crippen LogP contribution in [0, 0.1) is 13.8 Å². The van der Waals surface area contributed by atoms with Crippen molar-refractivity contribution in [2.24, 2.45) is 0 Å². The Morgan fingerprint density at radius 3 is 2.29 bits per heavy atom. The van der Waals surface area contributed by atoms with Crippen molar-refractivity contribution in [3.63, 3.8) is 0 Å². The van der Waals surface area contributed by atoms with Gasteiger partial charge in [-0.15, -0.1) is 0 Å². The monoisotopic (exact) mass is 493 g/mol. The van der Waals surface area contributed by atoms with Gasteiger partial charge in [0.1, 0.15) is 18.5 Å². The largest absolute Gasteiger partial charge is 0.493 e. The van der Waals surface area contributed by atoms with Crippen LogP contribution in [0.15, 0.2) is 30.3 Å². The molecule has 2 atom stereocenters. The van der Waals surface area contributed by atoms with E-state index in [1.54, 1.807) is 21.3 Å². The van der Waals surface area contributed by atoms with Gasteiger partial charge in [0.2, 0.25) is 5.75 Å². The molecule has 8 nitrogen and oxygen atoms in total. The van der Waals surface area contributed by atoms with E-state index in [0.29, 0.717) is 30.2 Å². The summed E-state index contributed by atoms with van der Waals surface area (Å²) in [6.07, 6.45) is -0.276. The quantitative estimate of drug-likeness (QED) is 0.511. The molecule has 2 aromatic carbocycles. The molecule has 1 aliphatic rings. The summed E-state index contributed by atoms with van der Waals surface area (Å²) < 4.78 is 46.6. The van der Waals surface area contributed by atoms with Gasteiger partial charge < -0.3 is 24.1 Å². The minimum atomic E-state index is -3.09. The molecule has 0 radical (unpaired) electrons. The second-order valence-corrected chi connectivity index (χ2v) is 10.9. The molecule has 0 amide bonds. The lowest BCUT2D eigenvalue weighted by Crippen LogP contribution is -2.42. The number of benzene rings is 2. The van der Waals surface area contributed by atoms with Gasteiger partial charge in [-0.1, -0.05) is 12.1 Å². The van der Waals surface area contributed by atoms with E-state index in [-0.39, 0.29) is 30.7 Å². The number of sulfone groups is 1. The zero-order chi connectivity index (χ0) is 24.9. The molecule has 1 saturated heterocycles. The van der Waals surface area contributed by atoms with Gasteiger partial charge in [-0.25, -0.2) is 8.42 Å². The van der Waals surface area contributed by atoms with Crippen molar-refractivity contribution < 1.29 is 32.5 Å². The van der Waals surface area contributed by atoms with Gasteiger partial charge in [0.05, 0.1) is 32.8 Å². The van der Waals surface area contributed by atoms with Crippen LogP contribution in [-0.2, 0) is 16.4 Å². The average Bonchev–Trinajstić information content (AvgIpc) is 3.18. The number of hydrogen-bond donors (Lipinski definition) is 1. The molecular weight excluding hydrogens is 458 g/mol. The van der Waals surface area contributed by atoms with E-state index in [0.717, 1.165) is 22.4 Å². The van der Waals surface area contributed by atoms with E-state index in [2.05, 4.69) is 0 Å². The zero-order valence-corrected chi connectivity index (χ0v) is 21.4. The van der Waals surface area contributed by atoms with Gasteiger partial charge in [-0.2, -0.15) is 0 Å². The molecule has 2 unspecified atom stereocenters. The molecule has 0 aromatic heterocycles. The first-order valence-electron chi connectivity index (χ1n) is 11.3. The van der Waals surface area contributed by atoms with Gasteiger partial charge in [0.25, 0.3) is 0 Å². The Hall–Kier alpha value is -2.49. The third-order valence-corrected chi connectivity index (χ3v) is 8.02. The van der Waals surface area contributed by atoms with Crippen molar-refractivity contribution in [1.29, 1.82) is 0 Å². The third-order valence-electron chi connectivity index (χ3n) is 6.27. The van der Waals surface area contributed by atoms with E-state index in [4.69, 9.17) is 18.9 Å². The molecule has 1 heterocycles. The van der Waals surface area contributed by atoms with Gasteiger partial charge >= 0.3 is 0 Å². The summed E-state index contributed by atoms with van der Waals surface area (Å²) in [4.78, 5) is 2.00. The maximum Gasteiger partial charge on any atom is 0.203 e. The van der Waals surface area contributed by atoms with Gasteiger partial charge in [-0.3, -0.25) is 4.90 Å². The molecule has 0 bridgehead atoms. The first kappa shape index (κ1) is 26.1. The molecule has 1 aliphatic heterocycles. The second-order valence-electron chi connectivity index (χ2n) is 8.68. The number of aliphatic hydroxyl groups is 1. The highest BCUT2D eigenvalue weighted by Gasteiger charge is 2.33. The van der Waals surface area contributed by atoms with Crippen LogP contribution in [0.25, 0.3) is 0 Å². The maximum absolute atomic E-state index is 12.2. The van der Waals surface area contributed by atoms with Crippen molar-refractivity contribution in [3.05, 3.63) is 47.0 Å². The average molecular weight is 494 g/mol. The molecular formula is C25H35NO7S. The van der Waals surface area contributed by atoms with Crippen molar-refractivity contribution >= 4 is 9.84 Å². The highest BCUT2D eigenvalue weighted by atomic mass is 32.2. The summed E-state index contributed by atoms with van der Waals surface area (Å²) in [6, 6.07) is 9.31. The van der Waals surface area contributed by atoms with Crippen LogP contribution in [0.4, 0.5) is 0 Å². The van der Waals surface area contributed by atoms with E-state index in [9.17, 15) is 13.5 Å². The fourth-order valence-corrected chi connectivity index (χ4v) is 6.02. The van der Waals surface area contributed by atoms with Crippen molar-refractivity contribution in [2.75, 3.05) is 46.0 Å². The minimum absolute atomic E-state index is 0.0714. The molecule has 1 N–H and O–H groups in total. The lowest BCUT2D eigenvalue weighted by atomic mass is 10.1. The molecule has 1 fully saturated rings.